The number of halogens is 1. The molecule has 2 rings (SSSR count). The second-order valence-corrected chi connectivity index (χ2v) is 7.40. The van der Waals surface area contributed by atoms with Crippen LogP contribution in [0.5, 0.6) is 0 Å². The maximum Gasteiger partial charge on any atom is 0.263 e. The molecule has 0 amide bonds. The number of rotatable bonds is 4. The molecule has 0 bridgehead atoms. The molecule has 0 radical (unpaired) electrons. The summed E-state index contributed by atoms with van der Waals surface area (Å²) in [6.07, 6.45) is 0.739. The third-order valence-corrected chi connectivity index (χ3v) is 5.30. The molecule has 0 fully saturated rings. The van der Waals surface area contributed by atoms with Crippen molar-refractivity contribution in [3.05, 3.63) is 32.8 Å². The minimum absolute atomic E-state index is 0.219. The molecule has 96 valence electrons. The van der Waals surface area contributed by atoms with Gasteiger partial charge >= 0.3 is 0 Å². The first-order valence-corrected chi connectivity index (χ1v) is 8.50. The van der Waals surface area contributed by atoms with Crippen LogP contribution in [0.15, 0.2) is 29.2 Å². The molecule has 0 aliphatic rings. The van der Waals surface area contributed by atoms with Crippen LogP contribution in [0.2, 0.25) is 0 Å². The van der Waals surface area contributed by atoms with Gasteiger partial charge in [0, 0.05) is 3.57 Å². The normalized spacial score (nSPS) is 11.4. The van der Waals surface area contributed by atoms with E-state index in [-0.39, 0.29) is 4.90 Å². The summed E-state index contributed by atoms with van der Waals surface area (Å²) in [7, 11) is -3.57. The Labute approximate surface area is 123 Å². The van der Waals surface area contributed by atoms with Gasteiger partial charge in [0.1, 0.15) is 5.01 Å². The van der Waals surface area contributed by atoms with Gasteiger partial charge in [-0.25, -0.2) is 8.42 Å². The lowest BCUT2D eigenvalue weighted by Gasteiger charge is -2.04. The molecule has 0 aliphatic heterocycles. The van der Waals surface area contributed by atoms with Crippen molar-refractivity contribution < 1.29 is 8.42 Å². The lowest BCUT2D eigenvalue weighted by molar-refractivity contribution is 0.601. The number of aryl methyl sites for hydroxylation is 1. The molecule has 1 aromatic carbocycles. The average Bonchev–Trinajstić information content (AvgIpc) is 2.76. The van der Waals surface area contributed by atoms with Gasteiger partial charge in [0.25, 0.3) is 10.0 Å². The van der Waals surface area contributed by atoms with Crippen molar-refractivity contribution in [1.29, 1.82) is 0 Å². The van der Waals surface area contributed by atoms with E-state index >= 15 is 0 Å². The quantitative estimate of drug-likeness (QED) is 0.808. The van der Waals surface area contributed by atoms with Gasteiger partial charge in [0.2, 0.25) is 5.13 Å². The Morgan fingerprint density at radius 2 is 1.94 bits per heavy atom. The summed E-state index contributed by atoms with van der Waals surface area (Å²) in [6, 6.07) is 6.61. The molecular formula is C10H10IN3O2S2. The number of benzene rings is 1. The topological polar surface area (TPSA) is 72.0 Å². The van der Waals surface area contributed by atoms with Crippen LogP contribution < -0.4 is 4.72 Å². The van der Waals surface area contributed by atoms with E-state index in [1.807, 2.05) is 6.92 Å². The summed E-state index contributed by atoms with van der Waals surface area (Å²) in [5, 5.41) is 8.76. The Kier molecular flexibility index (Phi) is 4.17. The van der Waals surface area contributed by atoms with Crippen LogP contribution in [0, 0.1) is 3.57 Å². The van der Waals surface area contributed by atoms with Crippen LogP contribution in [0.4, 0.5) is 5.13 Å². The standard InChI is InChI=1S/C10H10IN3O2S2/c1-2-9-12-13-10(17-9)14-18(15,16)8-5-3-7(11)4-6-8/h3-6H,2H2,1H3,(H,13,14). The molecule has 0 saturated heterocycles. The zero-order chi connectivity index (χ0) is 13.2. The molecule has 1 N–H and O–H groups in total. The maximum absolute atomic E-state index is 12.0. The van der Waals surface area contributed by atoms with Crippen LogP contribution in [-0.2, 0) is 16.4 Å². The summed E-state index contributed by atoms with van der Waals surface area (Å²) in [5.41, 5.74) is 0. The van der Waals surface area contributed by atoms with Gasteiger partial charge < -0.3 is 0 Å². The lowest BCUT2D eigenvalue weighted by atomic mass is 10.4. The summed E-state index contributed by atoms with van der Waals surface area (Å²) >= 11 is 3.36. The van der Waals surface area contributed by atoms with Crippen LogP contribution in [0.25, 0.3) is 0 Å². The maximum atomic E-state index is 12.0. The van der Waals surface area contributed by atoms with Gasteiger partial charge in [-0.05, 0) is 53.3 Å². The zero-order valence-electron chi connectivity index (χ0n) is 9.42. The molecule has 0 spiro atoms. The fourth-order valence-corrected chi connectivity index (χ4v) is 3.49. The molecule has 18 heavy (non-hydrogen) atoms. The zero-order valence-corrected chi connectivity index (χ0v) is 13.2. The largest absolute Gasteiger partial charge is 0.263 e. The lowest BCUT2D eigenvalue weighted by Crippen LogP contribution is -2.12. The van der Waals surface area contributed by atoms with E-state index < -0.39 is 10.0 Å². The average molecular weight is 395 g/mol. The molecule has 1 heterocycles. The molecule has 0 atom stereocenters. The molecule has 0 saturated carbocycles. The van der Waals surface area contributed by atoms with Gasteiger partial charge in [-0.1, -0.05) is 18.3 Å². The van der Waals surface area contributed by atoms with Crippen molar-refractivity contribution in [3.8, 4) is 0 Å². The molecule has 0 aliphatic carbocycles. The van der Waals surface area contributed by atoms with Crippen LogP contribution in [0.1, 0.15) is 11.9 Å². The number of nitrogens with one attached hydrogen (secondary N) is 1. The van der Waals surface area contributed by atoms with Gasteiger partial charge in [-0.3, -0.25) is 4.72 Å². The number of anilines is 1. The fraction of sp³-hybridized carbons (Fsp3) is 0.200. The molecule has 0 unspecified atom stereocenters. The first-order valence-electron chi connectivity index (χ1n) is 5.12. The van der Waals surface area contributed by atoms with E-state index in [1.54, 1.807) is 24.3 Å². The molecular weight excluding hydrogens is 385 g/mol. The van der Waals surface area contributed by atoms with Crippen molar-refractivity contribution in [1.82, 2.24) is 10.2 Å². The number of aromatic nitrogens is 2. The van der Waals surface area contributed by atoms with E-state index in [2.05, 4.69) is 37.5 Å². The van der Waals surface area contributed by atoms with Gasteiger partial charge in [0.15, 0.2) is 0 Å². The van der Waals surface area contributed by atoms with Crippen LogP contribution in [-0.4, -0.2) is 18.6 Å². The van der Waals surface area contributed by atoms with Crippen molar-refractivity contribution in [2.45, 2.75) is 18.2 Å². The minimum atomic E-state index is -3.57. The number of nitrogens with zero attached hydrogens (tertiary/aromatic N) is 2. The highest BCUT2D eigenvalue weighted by Crippen LogP contribution is 2.20. The highest BCUT2D eigenvalue weighted by atomic mass is 127. The smallest absolute Gasteiger partial charge is 0.253 e. The monoisotopic (exact) mass is 395 g/mol. The summed E-state index contributed by atoms with van der Waals surface area (Å²) in [6.45, 7) is 1.94. The van der Waals surface area contributed by atoms with E-state index in [4.69, 9.17) is 0 Å². The number of sulfonamides is 1. The van der Waals surface area contributed by atoms with Crippen molar-refractivity contribution in [3.63, 3.8) is 0 Å². The minimum Gasteiger partial charge on any atom is -0.253 e. The Bertz CT molecular complexity index is 637. The summed E-state index contributed by atoms with van der Waals surface area (Å²) < 4.78 is 27.5. The molecule has 1 aromatic heterocycles. The summed E-state index contributed by atoms with van der Waals surface area (Å²) in [4.78, 5) is 0.219. The van der Waals surface area contributed by atoms with E-state index in [9.17, 15) is 8.42 Å². The first kappa shape index (κ1) is 13.7. The van der Waals surface area contributed by atoms with Gasteiger partial charge in [-0.15, -0.1) is 10.2 Å². The predicted octanol–water partition coefficient (Wildman–Crippen LogP) is 2.51. The highest BCUT2D eigenvalue weighted by molar-refractivity contribution is 14.1. The van der Waals surface area contributed by atoms with Crippen molar-refractivity contribution in [2.75, 3.05) is 4.72 Å². The van der Waals surface area contributed by atoms with Crippen LogP contribution >= 0.6 is 33.9 Å². The second kappa shape index (κ2) is 5.49. The number of hydrogen-bond donors (Lipinski definition) is 1. The van der Waals surface area contributed by atoms with E-state index in [1.165, 1.54) is 11.3 Å². The Morgan fingerprint density at radius 1 is 1.28 bits per heavy atom. The first-order chi connectivity index (χ1) is 8.51. The number of hydrogen-bond acceptors (Lipinski definition) is 5. The Hall–Kier alpha value is -0.740. The van der Waals surface area contributed by atoms with Crippen molar-refractivity contribution >= 4 is 49.1 Å². The predicted molar refractivity (Wildman–Crippen MR) is 79.3 cm³/mol. The molecule has 8 heteroatoms. The van der Waals surface area contributed by atoms with Gasteiger partial charge in [0.05, 0.1) is 4.90 Å². The van der Waals surface area contributed by atoms with E-state index in [0.29, 0.717) is 5.13 Å². The molecule has 2 aromatic rings. The third-order valence-electron chi connectivity index (χ3n) is 2.11. The van der Waals surface area contributed by atoms with Crippen molar-refractivity contribution in [2.24, 2.45) is 0 Å². The Balaban J connectivity index is 2.24. The summed E-state index contributed by atoms with van der Waals surface area (Å²) in [5.74, 6) is 0. The second-order valence-electron chi connectivity index (χ2n) is 3.41. The van der Waals surface area contributed by atoms with Crippen LogP contribution in [0.3, 0.4) is 0 Å². The highest BCUT2D eigenvalue weighted by Gasteiger charge is 2.16. The SMILES string of the molecule is CCc1nnc(NS(=O)(=O)c2ccc(I)cc2)s1. The fourth-order valence-electron chi connectivity index (χ4n) is 1.23. The van der Waals surface area contributed by atoms with Gasteiger partial charge in [-0.2, -0.15) is 0 Å². The van der Waals surface area contributed by atoms with E-state index in [0.717, 1.165) is 15.0 Å². The molecule has 5 nitrogen and oxygen atoms in total. The third kappa shape index (κ3) is 3.18. The Morgan fingerprint density at radius 3 is 2.50 bits per heavy atom.